The number of carbonyl (C=O) groups is 1. The fourth-order valence-corrected chi connectivity index (χ4v) is 4.59. The highest BCUT2D eigenvalue weighted by Gasteiger charge is 2.39. The maximum Gasteiger partial charge on any atom is 0.204 e. The summed E-state index contributed by atoms with van der Waals surface area (Å²) in [4.78, 5) is 15.3. The lowest BCUT2D eigenvalue weighted by Gasteiger charge is -2.37. The van der Waals surface area contributed by atoms with Crippen molar-refractivity contribution in [1.29, 1.82) is 0 Å². The summed E-state index contributed by atoms with van der Waals surface area (Å²) in [5.41, 5.74) is 6.23. The lowest BCUT2D eigenvalue weighted by Crippen LogP contribution is -2.72. The summed E-state index contributed by atoms with van der Waals surface area (Å²) in [5.74, 6) is 0.132. The number of aromatic carboxylic acids is 1. The molecule has 1 heterocycles. The molecule has 5 nitrogen and oxygen atoms in total. The van der Waals surface area contributed by atoms with Gasteiger partial charge in [-0.15, -0.1) is 0 Å². The highest BCUT2D eigenvalue weighted by atomic mass is 16.5. The smallest absolute Gasteiger partial charge is 0.204 e. The number of benzene rings is 2. The van der Waals surface area contributed by atoms with Gasteiger partial charge in [0.1, 0.15) is 18.1 Å². The third kappa shape index (κ3) is 3.76. The maximum atomic E-state index is 11.9. The van der Waals surface area contributed by atoms with Gasteiger partial charge in [-0.2, -0.15) is 0 Å². The summed E-state index contributed by atoms with van der Waals surface area (Å²) < 4.78 is 6.41. The molecule has 1 aliphatic heterocycles. The molecule has 0 aromatic heterocycles. The first-order valence-electron chi connectivity index (χ1n) is 10.8. The Labute approximate surface area is 183 Å². The topological polar surface area (TPSA) is 75.4 Å². The third-order valence-corrected chi connectivity index (χ3v) is 6.00. The standard InChI is InChI=1S/C26H28N2O3/c1-5-27-21-13-23-19(11-15(21)3)25(17-9-7-8-10-18(17)26(29)30)20-12-16(4)22(28-6-2)14-24(20)31-23/h7-14,19,25,28H,5-6H2,1-4H3,(H,29,30). The molecule has 0 radical (unpaired) electrons. The predicted molar refractivity (Wildman–Crippen MR) is 120 cm³/mol. The number of nitrogens with one attached hydrogen (secondary N) is 2. The van der Waals surface area contributed by atoms with Gasteiger partial charge >= 0.3 is 0 Å². The van der Waals surface area contributed by atoms with Crippen LogP contribution in [0.2, 0.25) is 0 Å². The summed E-state index contributed by atoms with van der Waals surface area (Å²) in [6.07, 6.45) is 4.23. The molecule has 4 rings (SSSR count). The van der Waals surface area contributed by atoms with Crippen LogP contribution in [0.25, 0.3) is 0 Å². The minimum Gasteiger partial charge on any atom is -0.545 e. The highest BCUT2D eigenvalue weighted by Crippen LogP contribution is 2.49. The van der Waals surface area contributed by atoms with Gasteiger partial charge in [-0.3, -0.25) is 0 Å². The fourth-order valence-electron chi connectivity index (χ4n) is 4.59. The largest absolute Gasteiger partial charge is 0.545 e. The fraction of sp³-hybridized carbons (Fsp3) is 0.308. The molecule has 0 spiro atoms. The van der Waals surface area contributed by atoms with Gasteiger partial charge in [0.25, 0.3) is 0 Å². The Morgan fingerprint density at radius 3 is 2.65 bits per heavy atom. The molecular formula is C26H28N2O3. The van der Waals surface area contributed by atoms with Crippen molar-refractivity contribution in [1.82, 2.24) is 0 Å². The number of carboxylic acid groups (broad SMARTS) is 1. The van der Waals surface area contributed by atoms with Crippen molar-refractivity contribution >= 4 is 17.4 Å². The van der Waals surface area contributed by atoms with Crippen LogP contribution in [0.1, 0.15) is 53.7 Å². The SMILES string of the molecule is CCNc1cc2c(cc1C)C(c1ccccc1C(=O)[O-])C1C=C(C)C(=[NH+]CC)C=C1O2. The number of hydrogen-bond donors (Lipinski definition) is 2. The minimum absolute atomic E-state index is 0.0974. The van der Waals surface area contributed by atoms with E-state index < -0.39 is 5.97 Å². The number of carbonyl (C=O) groups excluding carboxylic acids is 1. The molecule has 2 N–H and O–H groups in total. The first-order valence-corrected chi connectivity index (χ1v) is 10.8. The maximum absolute atomic E-state index is 11.9. The van der Waals surface area contributed by atoms with Crippen molar-refractivity contribution in [2.75, 3.05) is 18.4 Å². The molecule has 0 amide bonds. The molecule has 31 heavy (non-hydrogen) atoms. The summed E-state index contributed by atoms with van der Waals surface area (Å²) in [5, 5.41) is 15.3. The zero-order chi connectivity index (χ0) is 22.1. The molecule has 0 bridgehead atoms. The van der Waals surface area contributed by atoms with Crippen LogP contribution in [0, 0.1) is 12.8 Å². The Morgan fingerprint density at radius 1 is 1.16 bits per heavy atom. The van der Waals surface area contributed by atoms with E-state index in [2.05, 4.69) is 50.1 Å². The monoisotopic (exact) mass is 416 g/mol. The average Bonchev–Trinajstić information content (AvgIpc) is 2.74. The van der Waals surface area contributed by atoms with E-state index in [0.717, 1.165) is 58.3 Å². The van der Waals surface area contributed by atoms with Crippen LogP contribution in [0.5, 0.6) is 5.75 Å². The van der Waals surface area contributed by atoms with E-state index in [1.54, 1.807) is 12.1 Å². The molecule has 160 valence electrons. The van der Waals surface area contributed by atoms with E-state index in [0.29, 0.717) is 0 Å². The molecule has 2 aromatic rings. The Bertz CT molecular complexity index is 1130. The third-order valence-electron chi connectivity index (χ3n) is 6.00. The molecule has 2 aliphatic rings. The number of aryl methyl sites for hydroxylation is 1. The Balaban J connectivity index is 1.96. The molecule has 5 heteroatoms. The van der Waals surface area contributed by atoms with E-state index in [4.69, 9.17) is 4.74 Å². The van der Waals surface area contributed by atoms with Gasteiger partial charge in [-0.25, -0.2) is 4.99 Å². The van der Waals surface area contributed by atoms with E-state index in [-0.39, 0.29) is 17.4 Å². The Morgan fingerprint density at radius 2 is 1.94 bits per heavy atom. The summed E-state index contributed by atoms with van der Waals surface area (Å²) in [6.45, 7) is 9.87. The normalized spacial score (nSPS) is 20.8. The Kier molecular flexibility index (Phi) is 5.68. The molecule has 0 saturated carbocycles. The van der Waals surface area contributed by atoms with E-state index in [1.807, 2.05) is 24.3 Å². The zero-order valence-electron chi connectivity index (χ0n) is 18.4. The van der Waals surface area contributed by atoms with Gasteiger partial charge in [0, 0.05) is 52.9 Å². The van der Waals surface area contributed by atoms with E-state index in [1.165, 1.54) is 0 Å². The molecule has 0 saturated heterocycles. The van der Waals surface area contributed by atoms with Crippen molar-refractivity contribution < 1.29 is 19.6 Å². The van der Waals surface area contributed by atoms with Gasteiger partial charge in [-0.05, 0) is 44.9 Å². The first-order chi connectivity index (χ1) is 14.9. The molecular weight excluding hydrogens is 388 g/mol. The van der Waals surface area contributed by atoms with E-state index in [9.17, 15) is 9.90 Å². The Hall–Kier alpha value is -3.34. The van der Waals surface area contributed by atoms with Crippen LogP contribution in [-0.4, -0.2) is 24.8 Å². The summed E-state index contributed by atoms with van der Waals surface area (Å²) in [6, 6.07) is 11.3. The number of ether oxygens (including phenoxy) is 1. The highest BCUT2D eigenvalue weighted by molar-refractivity contribution is 6.05. The van der Waals surface area contributed by atoms with Gasteiger partial charge < -0.3 is 20.0 Å². The first kappa shape index (κ1) is 20.9. The molecule has 2 atom stereocenters. The molecule has 1 aliphatic carbocycles. The van der Waals surface area contributed by atoms with Gasteiger partial charge in [0.05, 0.1) is 5.97 Å². The summed E-state index contributed by atoms with van der Waals surface area (Å²) >= 11 is 0. The van der Waals surface area contributed by atoms with Crippen molar-refractivity contribution in [3.05, 3.63) is 82.1 Å². The predicted octanol–water partition coefficient (Wildman–Crippen LogP) is 2.32. The van der Waals surface area contributed by atoms with Crippen LogP contribution < -0.4 is 20.2 Å². The van der Waals surface area contributed by atoms with Gasteiger partial charge in [0.2, 0.25) is 5.71 Å². The van der Waals surface area contributed by atoms with Crippen molar-refractivity contribution in [3.63, 3.8) is 0 Å². The van der Waals surface area contributed by atoms with Crippen LogP contribution in [-0.2, 0) is 0 Å². The molecule has 2 unspecified atom stereocenters. The molecule has 0 fully saturated rings. The van der Waals surface area contributed by atoms with Crippen LogP contribution >= 0.6 is 0 Å². The van der Waals surface area contributed by atoms with Crippen LogP contribution in [0.3, 0.4) is 0 Å². The van der Waals surface area contributed by atoms with Crippen LogP contribution in [0.4, 0.5) is 5.69 Å². The second-order valence-corrected chi connectivity index (χ2v) is 8.06. The number of hydrogen-bond acceptors (Lipinski definition) is 4. The van der Waals surface area contributed by atoms with Crippen molar-refractivity contribution in [2.45, 2.75) is 33.6 Å². The number of fused-ring (bicyclic) bond motifs is 2. The van der Waals surface area contributed by atoms with Gasteiger partial charge in [0.15, 0.2) is 0 Å². The average molecular weight is 417 g/mol. The lowest BCUT2D eigenvalue weighted by atomic mass is 9.73. The second-order valence-electron chi connectivity index (χ2n) is 8.06. The lowest BCUT2D eigenvalue weighted by molar-refractivity contribution is -0.451. The minimum atomic E-state index is -1.16. The van der Waals surface area contributed by atoms with Crippen LogP contribution in [0.15, 0.2) is 59.9 Å². The van der Waals surface area contributed by atoms with Crippen molar-refractivity contribution in [2.24, 2.45) is 5.92 Å². The number of carboxylic acids is 1. The van der Waals surface area contributed by atoms with E-state index >= 15 is 0 Å². The number of anilines is 1. The number of allylic oxidation sites excluding steroid dienone is 3. The molecule has 2 aromatic carbocycles. The van der Waals surface area contributed by atoms with Gasteiger partial charge in [-0.1, -0.05) is 30.3 Å². The second kappa shape index (κ2) is 8.42. The van der Waals surface area contributed by atoms with Crippen molar-refractivity contribution in [3.8, 4) is 5.75 Å². The number of rotatable bonds is 5. The summed E-state index contributed by atoms with van der Waals surface area (Å²) in [7, 11) is 0. The quantitative estimate of drug-likeness (QED) is 0.785. The zero-order valence-corrected chi connectivity index (χ0v) is 18.4.